The first-order chi connectivity index (χ1) is 16.1. The first kappa shape index (κ1) is 32.4. The topological polar surface area (TPSA) is 143 Å². The molecule has 4 amide bonds. The standard InChI is InChI=1S/C25H46N4O6/c1-16(2)13-20(27-18(5)31)23(33)29-21(14-17(3)4)22(32)28-19(15-30)11-9-10-12-26-24(34)35-25(6,7)8/h15-17,19-21H,9-14H2,1-8H3,(H,26,34)(H,27,31)(H,28,32)(H,29,33)/t19-,20+,21-/m1/s1. The highest BCUT2D eigenvalue weighted by molar-refractivity contribution is 5.92. The number of ether oxygens (including phenoxy) is 1. The lowest BCUT2D eigenvalue weighted by atomic mass is 9.99. The summed E-state index contributed by atoms with van der Waals surface area (Å²) in [5, 5.41) is 10.8. The van der Waals surface area contributed by atoms with Gasteiger partial charge in [-0.25, -0.2) is 4.79 Å². The lowest BCUT2D eigenvalue weighted by molar-refractivity contribution is -0.133. The molecule has 0 saturated carbocycles. The Labute approximate surface area is 210 Å². The Morgan fingerprint density at radius 2 is 1.34 bits per heavy atom. The number of hydrogen-bond acceptors (Lipinski definition) is 6. The number of rotatable bonds is 15. The molecule has 0 unspecified atom stereocenters. The maximum absolute atomic E-state index is 12.9. The van der Waals surface area contributed by atoms with E-state index in [0.717, 1.165) is 0 Å². The van der Waals surface area contributed by atoms with Crippen molar-refractivity contribution in [1.29, 1.82) is 0 Å². The molecule has 0 radical (unpaired) electrons. The molecule has 202 valence electrons. The van der Waals surface area contributed by atoms with Crippen molar-refractivity contribution in [2.75, 3.05) is 6.54 Å². The van der Waals surface area contributed by atoms with Crippen LogP contribution in [0.5, 0.6) is 0 Å². The zero-order valence-corrected chi connectivity index (χ0v) is 22.7. The molecule has 0 aromatic heterocycles. The summed E-state index contributed by atoms with van der Waals surface area (Å²) in [6.07, 6.45) is 2.61. The van der Waals surface area contributed by atoms with Gasteiger partial charge in [-0.2, -0.15) is 0 Å². The van der Waals surface area contributed by atoms with Crippen LogP contribution < -0.4 is 21.3 Å². The second-order valence-electron chi connectivity index (χ2n) is 10.7. The Hall–Kier alpha value is -2.65. The highest BCUT2D eigenvalue weighted by Gasteiger charge is 2.28. The van der Waals surface area contributed by atoms with Gasteiger partial charge in [0.05, 0.1) is 6.04 Å². The summed E-state index contributed by atoms with van der Waals surface area (Å²) in [5.74, 6) is -0.909. The van der Waals surface area contributed by atoms with Crippen molar-refractivity contribution >= 4 is 30.1 Å². The van der Waals surface area contributed by atoms with Crippen LogP contribution in [-0.2, 0) is 23.9 Å². The van der Waals surface area contributed by atoms with Gasteiger partial charge in [-0.3, -0.25) is 14.4 Å². The van der Waals surface area contributed by atoms with Crippen molar-refractivity contribution in [3.8, 4) is 0 Å². The SMILES string of the molecule is CC(=O)N[C@@H](CC(C)C)C(=O)N[C@H](CC(C)C)C(=O)N[C@@H](C=O)CCCCNC(=O)OC(C)(C)C. The van der Waals surface area contributed by atoms with Crippen LogP contribution in [0.1, 0.15) is 87.5 Å². The smallest absolute Gasteiger partial charge is 0.407 e. The molecule has 0 aliphatic carbocycles. The number of unbranched alkanes of at least 4 members (excludes halogenated alkanes) is 1. The molecule has 0 saturated heterocycles. The van der Waals surface area contributed by atoms with Gasteiger partial charge in [-0.1, -0.05) is 27.7 Å². The van der Waals surface area contributed by atoms with Gasteiger partial charge in [0, 0.05) is 13.5 Å². The molecule has 0 heterocycles. The van der Waals surface area contributed by atoms with Gasteiger partial charge in [-0.05, 0) is 64.7 Å². The fourth-order valence-electron chi connectivity index (χ4n) is 3.37. The fourth-order valence-corrected chi connectivity index (χ4v) is 3.37. The Morgan fingerprint density at radius 1 is 0.829 bits per heavy atom. The molecule has 0 aromatic carbocycles. The van der Waals surface area contributed by atoms with E-state index in [0.29, 0.717) is 44.9 Å². The van der Waals surface area contributed by atoms with Crippen LogP contribution >= 0.6 is 0 Å². The van der Waals surface area contributed by atoms with E-state index >= 15 is 0 Å². The zero-order valence-electron chi connectivity index (χ0n) is 22.7. The van der Waals surface area contributed by atoms with Crippen molar-refractivity contribution in [1.82, 2.24) is 21.3 Å². The van der Waals surface area contributed by atoms with Crippen LogP contribution in [-0.4, -0.2) is 60.4 Å². The fraction of sp³-hybridized carbons (Fsp3) is 0.800. The van der Waals surface area contributed by atoms with Crippen LogP contribution in [0.15, 0.2) is 0 Å². The molecule has 0 rings (SSSR count). The Kier molecular flexibility index (Phi) is 14.9. The third kappa shape index (κ3) is 16.6. The van der Waals surface area contributed by atoms with Crippen LogP contribution in [0.3, 0.4) is 0 Å². The first-order valence-corrected chi connectivity index (χ1v) is 12.4. The van der Waals surface area contributed by atoms with Crippen LogP contribution in [0.2, 0.25) is 0 Å². The molecule has 0 aromatic rings. The van der Waals surface area contributed by atoms with E-state index in [9.17, 15) is 24.0 Å². The number of carbonyl (C=O) groups excluding carboxylic acids is 5. The average Bonchev–Trinajstić information content (AvgIpc) is 2.69. The Morgan fingerprint density at radius 3 is 1.80 bits per heavy atom. The summed E-state index contributed by atoms with van der Waals surface area (Å²) in [5.41, 5.74) is -0.574. The molecule has 4 N–H and O–H groups in total. The third-order valence-corrected chi connectivity index (χ3v) is 4.84. The molecule has 0 spiro atoms. The summed E-state index contributed by atoms with van der Waals surface area (Å²) in [4.78, 5) is 60.5. The van der Waals surface area contributed by atoms with E-state index in [4.69, 9.17) is 4.74 Å². The number of aldehydes is 1. The van der Waals surface area contributed by atoms with Crippen LogP contribution in [0.25, 0.3) is 0 Å². The van der Waals surface area contributed by atoms with Gasteiger partial charge in [0.25, 0.3) is 0 Å². The second-order valence-corrected chi connectivity index (χ2v) is 10.7. The van der Waals surface area contributed by atoms with Gasteiger partial charge >= 0.3 is 6.09 Å². The zero-order chi connectivity index (χ0) is 27.2. The molecule has 0 bridgehead atoms. The third-order valence-electron chi connectivity index (χ3n) is 4.84. The van der Waals surface area contributed by atoms with E-state index in [2.05, 4.69) is 21.3 Å². The van der Waals surface area contributed by atoms with E-state index < -0.39 is 41.6 Å². The molecule has 0 fully saturated rings. The molecular weight excluding hydrogens is 452 g/mol. The summed E-state index contributed by atoms with van der Waals surface area (Å²) in [6, 6.07) is -2.28. The lowest BCUT2D eigenvalue weighted by Crippen LogP contribution is -2.55. The second kappa shape index (κ2) is 16.1. The minimum atomic E-state index is -0.831. The number of carbonyl (C=O) groups is 5. The minimum absolute atomic E-state index is 0.115. The van der Waals surface area contributed by atoms with Gasteiger partial charge < -0.3 is 30.8 Å². The van der Waals surface area contributed by atoms with E-state index in [1.54, 1.807) is 20.8 Å². The number of nitrogens with one attached hydrogen (secondary N) is 4. The molecule has 10 heteroatoms. The number of hydrogen-bond donors (Lipinski definition) is 4. The van der Waals surface area contributed by atoms with Crippen molar-refractivity contribution in [2.45, 2.75) is 111 Å². The summed E-state index contributed by atoms with van der Waals surface area (Å²) in [7, 11) is 0. The molecule has 0 aliphatic heterocycles. The highest BCUT2D eigenvalue weighted by atomic mass is 16.6. The van der Waals surface area contributed by atoms with Crippen molar-refractivity contribution in [3.05, 3.63) is 0 Å². The van der Waals surface area contributed by atoms with Crippen molar-refractivity contribution < 1.29 is 28.7 Å². The molecular formula is C25H46N4O6. The lowest BCUT2D eigenvalue weighted by Gasteiger charge is -2.25. The predicted molar refractivity (Wildman–Crippen MR) is 135 cm³/mol. The maximum Gasteiger partial charge on any atom is 0.407 e. The van der Waals surface area contributed by atoms with Gasteiger partial charge in [0.1, 0.15) is 24.0 Å². The predicted octanol–water partition coefficient (Wildman–Crippen LogP) is 2.45. The minimum Gasteiger partial charge on any atom is -0.444 e. The summed E-state index contributed by atoms with van der Waals surface area (Å²) < 4.78 is 5.17. The Balaban J connectivity index is 4.88. The first-order valence-electron chi connectivity index (χ1n) is 12.4. The Bertz CT molecular complexity index is 703. The van der Waals surface area contributed by atoms with Crippen LogP contribution in [0.4, 0.5) is 4.79 Å². The molecule has 10 nitrogen and oxygen atoms in total. The van der Waals surface area contributed by atoms with Gasteiger partial charge in [0.2, 0.25) is 17.7 Å². The largest absolute Gasteiger partial charge is 0.444 e. The summed E-state index contributed by atoms with van der Waals surface area (Å²) >= 11 is 0. The van der Waals surface area contributed by atoms with Crippen molar-refractivity contribution in [2.24, 2.45) is 11.8 Å². The molecule has 3 atom stereocenters. The maximum atomic E-state index is 12.9. The monoisotopic (exact) mass is 498 g/mol. The van der Waals surface area contributed by atoms with E-state index in [-0.39, 0.29) is 17.7 Å². The van der Waals surface area contributed by atoms with E-state index in [1.165, 1.54) is 6.92 Å². The van der Waals surface area contributed by atoms with Crippen LogP contribution in [0, 0.1) is 11.8 Å². The van der Waals surface area contributed by atoms with Crippen molar-refractivity contribution in [3.63, 3.8) is 0 Å². The normalized spacial score (nSPS) is 14.0. The number of alkyl carbamates (subject to hydrolysis) is 1. The van der Waals surface area contributed by atoms with Gasteiger partial charge in [0.15, 0.2) is 0 Å². The number of amides is 4. The molecule has 35 heavy (non-hydrogen) atoms. The van der Waals surface area contributed by atoms with Gasteiger partial charge in [-0.15, -0.1) is 0 Å². The molecule has 0 aliphatic rings. The highest BCUT2D eigenvalue weighted by Crippen LogP contribution is 2.10. The average molecular weight is 499 g/mol. The quantitative estimate of drug-likeness (QED) is 0.202. The summed E-state index contributed by atoms with van der Waals surface area (Å²) in [6.45, 7) is 14.8. The van der Waals surface area contributed by atoms with E-state index in [1.807, 2.05) is 27.7 Å².